The first-order valence-corrected chi connectivity index (χ1v) is 10.8. The van der Waals surface area contributed by atoms with E-state index in [1.807, 2.05) is 42.5 Å². The highest BCUT2D eigenvalue weighted by Crippen LogP contribution is 2.24. The molecule has 4 aromatic rings. The highest BCUT2D eigenvalue weighted by atomic mass is 16.4. The van der Waals surface area contributed by atoms with Crippen LogP contribution in [0.3, 0.4) is 0 Å². The van der Waals surface area contributed by atoms with Gasteiger partial charge >= 0.3 is 11.9 Å². The van der Waals surface area contributed by atoms with Gasteiger partial charge in [0.25, 0.3) is 5.91 Å². The summed E-state index contributed by atoms with van der Waals surface area (Å²) in [6.45, 7) is 0. The zero-order valence-electron chi connectivity index (χ0n) is 18.6. The molecule has 4 rings (SSSR count). The van der Waals surface area contributed by atoms with Gasteiger partial charge in [-0.3, -0.25) is 4.79 Å². The number of carboxylic acids is 2. The SMILES string of the molecule is Nc1ccc(Cc2ccc(NC(=O)c3ccc(-c4ccccc4)cc3)c(C(=O)O)c2)cc1C(=O)O. The average Bonchev–Trinajstić information content (AvgIpc) is 2.86. The molecule has 0 radical (unpaired) electrons. The Labute approximate surface area is 201 Å². The largest absolute Gasteiger partial charge is 0.478 e. The van der Waals surface area contributed by atoms with Crippen molar-refractivity contribution in [3.63, 3.8) is 0 Å². The normalized spacial score (nSPS) is 10.5. The quantitative estimate of drug-likeness (QED) is 0.278. The van der Waals surface area contributed by atoms with Crippen molar-refractivity contribution in [2.75, 3.05) is 11.1 Å². The smallest absolute Gasteiger partial charge is 0.337 e. The second-order valence-electron chi connectivity index (χ2n) is 7.99. The maximum Gasteiger partial charge on any atom is 0.337 e. The van der Waals surface area contributed by atoms with Crippen molar-refractivity contribution in [3.05, 3.63) is 119 Å². The Kier molecular flexibility index (Phi) is 6.59. The van der Waals surface area contributed by atoms with E-state index in [1.165, 1.54) is 24.3 Å². The van der Waals surface area contributed by atoms with E-state index < -0.39 is 17.8 Å². The number of amides is 1. The fourth-order valence-corrected chi connectivity index (χ4v) is 3.76. The molecule has 0 aliphatic carbocycles. The summed E-state index contributed by atoms with van der Waals surface area (Å²) in [4.78, 5) is 36.0. The summed E-state index contributed by atoms with van der Waals surface area (Å²) in [5, 5.41) is 21.6. The predicted molar refractivity (Wildman–Crippen MR) is 134 cm³/mol. The molecule has 0 unspecified atom stereocenters. The van der Waals surface area contributed by atoms with Crippen molar-refractivity contribution in [2.45, 2.75) is 6.42 Å². The molecule has 0 heterocycles. The number of hydrogen-bond donors (Lipinski definition) is 4. The van der Waals surface area contributed by atoms with Crippen LogP contribution in [0.4, 0.5) is 11.4 Å². The van der Waals surface area contributed by atoms with E-state index in [-0.39, 0.29) is 22.5 Å². The van der Waals surface area contributed by atoms with Crippen LogP contribution in [0.5, 0.6) is 0 Å². The summed E-state index contributed by atoms with van der Waals surface area (Å²) in [7, 11) is 0. The van der Waals surface area contributed by atoms with Crippen molar-refractivity contribution in [3.8, 4) is 11.1 Å². The van der Waals surface area contributed by atoms with Crippen molar-refractivity contribution >= 4 is 29.2 Å². The maximum atomic E-state index is 12.8. The summed E-state index contributed by atoms with van der Waals surface area (Å²) in [5.41, 5.74) is 9.65. The van der Waals surface area contributed by atoms with E-state index in [0.29, 0.717) is 23.1 Å². The van der Waals surface area contributed by atoms with Gasteiger partial charge < -0.3 is 21.3 Å². The molecule has 7 heteroatoms. The first kappa shape index (κ1) is 23.3. The summed E-state index contributed by atoms with van der Waals surface area (Å²) in [6.07, 6.45) is 0.302. The third-order valence-corrected chi connectivity index (χ3v) is 5.57. The monoisotopic (exact) mass is 466 g/mol. The van der Waals surface area contributed by atoms with Crippen molar-refractivity contribution in [1.82, 2.24) is 0 Å². The van der Waals surface area contributed by atoms with E-state index in [1.54, 1.807) is 24.3 Å². The van der Waals surface area contributed by atoms with Gasteiger partial charge in [-0.1, -0.05) is 54.6 Å². The third-order valence-electron chi connectivity index (χ3n) is 5.57. The van der Waals surface area contributed by atoms with Gasteiger partial charge in [-0.25, -0.2) is 9.59 Å². The van der Waals surface area contributed by atoms with Crippen LogP contribution in [0.2, 0.25) is 0 Å². The van der Waals surface area contributed by atoms with Gasteiger partial charge in [-0.05, 0) is 65.1 Å². The topological polar surface area (TPSA) is 130 Å². The Morgan fingerprint density at radius 1 is 0.686 bits per heavy atom. The van der Waals surface area contributed by atoms with Gasteiger partial charge in [-0.15, -0.1) is 0 Å². The number of rotatable bonds is 7. The van der Waals surface area contributed by atoms with Crippen LogP contribution in [0, 0.1) is 0 Å². The van der Waals surface area contributed by atoms with Crippen molar-refractivity contribution in [1.29, 1.82) is 0 Å². The zero-order chi connectivity index (χ0) is 24.9. The first-order valence-electron chi connectivity index (χ1n) is 10.8. The second kappa shape index (κ2) is 9.93. The molecule has 0 fully saturated rings. The molecule has 0 aliphatic heterocycles. The molecule has 0 aromatic heterocycles. The highest BCUT2D eigenvalue weighted by Gasteiger charge is 2.16. The molecule has 0 atom stereocenters. The lowest BCUT2D eigenvalue weighted by atomic mass is 9.99. The zero-order valence-corrected chi connectivity index (χ0v) is 18.6. The summed E-state index contributed by atoms with van der Waals surface area (Å²) < 4.78 is 0. The van der Waals surface area contributed by atoms with Crippen LogP contribution in [-0.2, 0) is 6.42 Å². The number of carbonyl (C=O) groups excluding carboxylic acids is 1. The lowest BCUT2D eigenvalue weighted by molar-refractivity contribution is 0.0687. The second-order valence-corrected chi connectivity index (χ2v) is 7.99. The lowest BCUT2D eigenvalue weighted by Gasteiger charge is -2.12. The van der Waals surface area contributed by atoms with Gasteiger partial charge in [0.05, 0.1) is 16.8 Å². The number of hydrogen-bond acceptors (Lipinski definition) is 4. The van der Waals surface area contributed by atoms with E-state index in [9.17, 15) is 24.6 Å². The molecule has 174 valence electrons. The molecule has 35 heavy (non-hydrogen) atoms. The molecule has 7 nitrogen and oxygen atoms in total. The van der Waals surface area contributed by atoms with Crippen LogP contribution < -0.4 is 11.1 Å². The molecule has 5 N–H and O–H groups in total. The first-order chi connectivity index (χ1) is 16.8. The number of carboxylic acid groups (broad SMARTS) is 2. The van der Waals surface area contributed by atoms with Crippen LogP contribution in [0.15, 0.2) is 91.0 Å². The molecule has 1 amide bonds. The standard InChI is InChI=1S/C28H22N2O5/c29-24-12-6-17(15-22(24)27(32)33)14-18-7-13-25(23(16-18)28(34)35)30-26(31)21-10-8-20(9-11-21)19-4-2-1-3-5-19/h1-13,15-16H,14,29H2,(H,30,31)(H,32,33)(H,34,35). The molecule has 0 saturated carbocycles. The number of aromatic carboxylic acids is 2. The van der Waals surface area contributed by atoms with Crippen molar-refractivity contribution in [2.24, 2.45) is 0 Å². The number of benzene rings is 4. The van der Waals surface area contributed by atoms with E-state index in [0.717, 1.165) is 11.1 Å². The van der Waals surface area contributed by atoms with Crippen LogP contribution in [0.25, 0.3) is 11.1 Å². The maximum absolute atomic E-state index is 12.8. The molecule has 0 spiro atoms. The number of anilines is 2. The van der Waals surface area contributed by atoms with Crippen LogP contribution >= 0.6 is 0 Å². The fourth-order valence-electron chi connectivity index (χ4n) is 3.76. The van der Waals surface area contributed by atoms with Gasteiger partial charge in [0.1, 0.15) is 0 Å². The van der Waals surface area contributed by atoms with Crippen molar-refractivity contribution < 1.29 is 24.6 Å². The average molecular weight is 466 g/mol. The Morgan fingerprint density at radius 3 is 1.89 bits per heavy atom. The number of nitrogens with one attached hydrogen (secondary N) is 1. The number of nitrogens with two attached hydrogens (primary N) is 1. The van der Waals surface area contributed by atoms with E-state index in [2.05, 4.69) is 5.32 Å². The minimum absolute atomic E-state index is 0.0110. The molecular weight excluding hydrogens is 444 g/mol. The highest BCUT2D eigenvalue weighted by molar-refractivity contribution is 6.08. The van der Waals surface area contributed by atoms with Gasteiger partial charge in [0.15, 0.2) is 0 Å². The van der Waals surface area contributed by atoms with Crippen LogP contribution in [-0.4, -0.2) is 28.1 Å². The molecule has 0 bridgehead atoms. The van der Waals surface area contributed by atoms with Gasteiger partial charge in [0, 0.05) is 11.3 Å². The summed E-state index contributed by atoms with van der Waals surface area (Å²) in [6, 6.07) is 26.2. The molecule has 0 saturated heterocycles. The Morgan fingerprint density at radius 2 is 1.26 bits per heavy atom. The van der Waals surface area contributed by atoms with Crippen LogP contribution in [0.1, 0.15) is 42.2 Å². The van der Waals surface area contributed by atoms with Gasteiger partial charge in [-0.2, -0.15) is 0 Å². The molecular formula is C28H22N2O5. The lowest BCUT2D eigenvalue weighted by Crippen LogP contribution is -2.15. The van der Waals surface area contributed by atoms with Gasteiger partial charge in [0.2, 0.25) is 0 Å². The Hall–Kier alpha value is -4.91. The summed E-state index contributed by atoms with van der Waals surface area (Å²) >= 11 is 0. The summed E-state index contributed by atoms with van der Waals surface area (Å²) in [5.74, 6) is -2.75. The van der Waals surface area contributed by atoms with E-state index in [4.69, 9.17) is 5.73 Å². The molecule has 0 aliphatic rings. The minimum Gasteiger partial charge on any atom is -0.478 e. The number of carbonyl (C=O) groups is 3. The third kappa shape index (κ3) is 5.36. The Balaban J connectivity index is 1.53. The predicted octanol–water partition coefficient (Wildman–Crippen LogP) is 5.18. The Bertz CT molecular complexity index is 1410. The minimum atomic E-state index is -1.19. The molecule has 4 aromatic carbocycles. The van der Waals surface area contributed by atoms with E-state index >= 15 is 0 Å². The fraction of sp³-hybridized carbons (Fsp3) is 0.0357. The number of nitrogen functional groups attached to an aromatic ring is 1.